The second kappa shape index (κ2) is 8.69. The van der Waals surface area contributed by atoms with Gasteiger partial charge in [0.15, 0.2) is 5.65 Å². The summed E-state index contributed by atoms with van der Waals surface area (Å²) in [5.41, 5.74) is 2.48. The lowest BCUT2D eigenvalue weighted by Crippen LogP contribution is -2.41. The lowest BCUT2D eigenvalue weighted by molar-refractivity contribution is -0.139. The molecule has 1 N–H and O–H groups in total. The number of ether oxygens (including phenoxy) is 1. The number of aromatic nitrogens is 3. The predicted molar refractivity (Wildman–Crippen MR) is 117 cm³/mol. The molecule has 2 amide bonds. The normalized spacial score (nSPS) is 21.8. The molecular formula is C23H31N5O4. The van der Waals surface area contributed by atoms with Crippen LogP contribution in [0.3, 0.4) is 0 Å². The van der Waals surface area contributed by atoms with E-state index >= 15 is 0 Å². The zero-order valence-corrected chi connectivity index (χ0v) is 18.6. The largest absolute Gasteiger partial charge is 0.378 e. The average molecular weight is 442 g/mol. The van der Waals surface area contributed by atoms with Gasteiger partial charge in [-0.1, -0.05) is 6.42 Å². The number of amides is 2. The highest BCUT2D eigenvalue weighted by atomic mass is 16.5. The van der Waals surface area contributed by atoms with Crippen molar-refractivity contribution in [2.24, 2.45) is 5.92 Å². The molecule has 0 bridgehead atoms. The number of carbonyl (C=O) groups is 2. The van der Waals surface area contributed by atoms with E-state index in [9.17, 15) is 14.4 Å². The van der Waals surface area contributed by atoms with Crippen molar-refractivity contribution in [3.05, 3.63) is 33.4 Å². The quantitative estimate of drug-likeness (QED) is 0.760. The Morgan fingerprint density at radius 3 is 2.66 bits per heavy atom. The molecule has 0 unspecified atom stereocenters. The number of rotatable bonds is 5. The van der Waals surface area contributed by atoms with Crippen molar-refractivity contribution in [2.45, 2.75) is 57.9 Å². The van der Waals surface area contributed by atoms with Crippen molar-refractivity contribution < 1.29 is 14.3 Å². The monoisotopic (exact) mass is 441 g/mol. The Bertz CT molecular complexity index is 1080. The van der Waals surface area contributed by atoms with Gasteiger partial charge in [0.05, 0.1) is 24.9 Å². The van der Waals surface area contributed by atoms with Crippen LogP contribution in [-0.2, 0) is 20.7 Å². The van der Waals surface area contributed by atoms with Crippen LogP contribution in [0.1, 0.15) is 61.5 Å². The number of aromatic amines is 1. The maximum absolute atomic E-state index is 13.2. The first-order valence-corrected chi connectivity index (χ1v) is 11.8. The Morgan fingerprint density at radius 1 is 1.16 bits per heavy atom. The highest BCUT2D eigenvalue weighted by Crippen LogP contribution is 2.36. The van der Waals surface area contributed by atoms with Gasteiger partial charge in [-0.2, -0.15) is 0 Å². The standard InChI is InChI=1S/C23H31N5O4/c1-15-17(7-8-21(29)26-10-12-32-13-11-26)23(31)28-20(24-15)14-18(25-28)19-6-3-9-27(19)22(30)16-4-2-5-16/h14,16,19,25H,2-13H2,1H3/t19-/m1/s1. The van der Waals surface area contributed by atoms with Crippen LogP contribution in [0.5, 0.6) is 0 Å². The van der Waals surface area contributed by atoms with Crippen LogP contribution in [0.25, 0.3) is 5.65 Å². The maximum atomic E-state index is 13.2. The van der Waals surface area contributed by atoms with Crippen LogP contribution < -0.4 is 5.56 Å². The number of hydrogen-bond donors (Lipinski definition) is 1. The van der Waals surface area contributed by atoms with Gasteiger partial charge in [-0.05, 0) is 39.0 Å². The van der Waals surface area contributed by atoms with E-state index in [4.69, 9.17) is 4.74 Å². The number of morpholine rings is 1. The van der Waals surface area contributed by atoms with E-state index in [0.717, 1.165) is 44.3 Å². The molecule has 9 nitrogen and oxygen atoms in total. The molecule has 3 aliphatic rings. The van der Waals surface area contributed by atoms with Crippen molar-refractivity contribution >= 4 is 17.5 Å². The summed E-state index contributed by atoms with van der Waals surface area (Å²) in [6.45, 7) is 4.93. The summed E-state index contributed by atoms with van der Waals surface area (Å²) in [6.07, 6.45) is 5.61. The number of H-pyrrole nitrogens is 1. The SMILES string of the molecule is Cc1nc2cc([C@H]3CCCN3C(=O)C3CCC3)[nH]n2c(=O)c1CCC(=O)N1CCOCC1. The second-order valence-electron chi connectivity index (χ2n) is 9.20. The van der Waals surface area contributed by atoms with E-state index in [1.807, 2.05) is 17.9 Å². The highest BCUT2D eigenvalue weighted by Gasteiger charge is 2.37. The molecule has 172 valence electrons. The van der Waals surface area contributed by atoms with Gasteiger partial charge in [0, 0.05) is 49.3 Å². The number of hydrogen-bond acceptors (Lipinski definition) is 5. The molecule has 0 radical (unpaired) electrons. The van der Waals surface area contributed by atoms with Crippen molar-refractivity contribution in [2.75, 3.05) is 32.8 Å². The molecule has 32 heavy (non-hydrogen) atoms. The molecular weight excluding hydrogens is 410 g/mol. The molecule has 1 atom stereocenters. The summed E-state index contributed by atoms with van der Waals surface area (Å²) in [5.74, 6) is 0.454. The lowest BCUT2D eigenvalue weighted by Gasteiger charge is -2.32. The van der Waals surface area contributed by atoms with Gasteiger partial charge in [0.25, 0.3) is 5.56 Å². The minimum atomic E-state index is -0.164. The zero-order chi connectivity index (χ0) is 22.2. The van der Waals surface area contributed by atoms with E-state index in [1.54, 1.807) is 4.90 Å². The lowest BCUT2D eigenvalue weighted by atomic mass is 9.84. The number of likely N-dealkylation sites (tertiary alicyclic amines) is 1. The molecule has 4 heterocycles. The summed E-state index contributed by atoms with van der Waals surface area (Å²) in [7, 11) is 0. The summed E-state index contributed by atoms with van der Waals surface area (Å²) in [4.78, 5) is 47.0. The number of fused-ring (bicyclic) bond motifs is 1. The van der Waals surface area contributed by atoms with Crippen molar-refractivity contribution in [1.29, 1.82) is 0 Å². The number of aryl methyl sites for hydroxylation is 1. The summed E-state index contributed by atoms with van der Waals surface area (Å²) < 4.78 is 6.78. The van der Waals surface area contributed by atoms with E-state index in [-0.39, 0.29) is 35.8 Å². The fourth-order valence-corrected chi connectivity index (χ4v) is 5.09. The van der Waals surface area contributed by atoms with Gasteiger partial charge in [-0.15, -0.1) is 0 Å². The fourth-order valence-electron chi connectivity index (χ4n) is 5.09. The topological polar surface area (TPSA) is 100 Å². The number of nitrogens with one attached hydrogen (secondary N) is 1. The van der Waals surface area contributed by atoms with E-state index in [1.165, 1.54) is 4.52 Å². The Morgan fingerprint density at radius 2 is 1.94 bits per heavy atom. The minimum Gasteiger partial charge on any atom is -0.378 e. The smallest absolute Gasteiger partial charge is 0.276 e. The van der Waals surface area contributed by atoms with Crippen LogP contribution in [0.2, 0.25) is 0 Å². The van der Waals surface area contributed by atoms with Crippen LogP contribution in [-0.4, -0.2) is 69.1 Å². The average Bonchev–Trinajstić information content (AvgIpc) is 3.39. The molecule has 2 aromatic rings. The Kier molecular flexibility index (Phi) is 5.75. The van der Waals surface area contributed by atoms with Gasteiger partial charge in [-0.3, -0.25) is 19.5 Å². The van der Waals surface area contributed by atoms with Gasteiger partial charge < -0.3 is 14.5 Å². The van der Waals surface area contributed by atoms with E-state index < -0.39 is 0 Å². The second-order valence-corrected chi connectivity index (χ2v) is 9.20. The third-order valence-corrected chi connectivity index (χ3v) is 7.24. The maximum Gasteiger partial charge on any atom is 0.276 e. The van der Waals surface area contributed by atoms with Crippen LogP contribution in [0.4, 0.5) is 0 Å². The van der Waals surface area contributed by atoms with Gasteiger partial charge in [0.1, 0.15) is 0 Å². The summed E-state index contributed by atoms with van der Waals surface area (Å²) in [5, 5.41) is 3.22. The molecule has 5 rings (SSSR count). The van der Waals surface area contributed by atoms with Crippen molar-refractivity contribution in [3.63, 3.8) is 0 Å². The first-order chi connectivity index (χ1) is 15.5. The van der Waals surface area contributed by atoms with Crippen LogP contribution in [0, 0.1) is 12.8 Å². The first kappa shape index (κ1) is 21.2. The Labute approximate surface area is 186 Å². The molecule has 2 aromatic heterocycles. The number of carbonyl (C=O) groups excluding carboxylic acids is 2. The summed E-state index contributed by atoms with van der Waals surface area (Å²) in [6, 6.07) is 1.87. The van der Waals surface area contributed by atoms with Crippen molar-refractivity contribution in [3.8, 4) is 0 Å². The van der Waals surface area contributed by atoms with Crippen LogP contribution in [0.15, 0.2) is 10.9 Å². The predicted octanol–water partition coefficient (Wildman–Crippen LogP) is 1.59. The molecule has 2 saturated heterocycles. The molecule has 9 heteroatoms. The van der Waals surface area contributed by atoms with Crippen molar-refractivity contribution in [1.82, 2.24) is 24.4 Å². The first-order valence-electron chi connectivity index (χ1n) is 11.8. The molecule has 3 fully saturated rings. The highest BCUT2D eigenvalue weighted by molar-refractivity contribution is 5.80. The molecule has 1 saturated carbocycles. The summed E-state index contributed by atoms with van der Waals surface area (Å²) >= 11 is 0. The van der Waals surface area contributed by atoms with Gasteiger partial charge in [0.2, 0.25) is 11.8 Å². The van der Waals surface area contributed by atoms with Crippen LogP contribution >= 0.6 is 0 Å². The Balaban J connectivity index is 1.36. The third kappa shape index (κ3) is 3.83. The molecule has 0 spiro atoms. The fraction of sp³-hybridized carbons (Fsp3) is 0.652. The molecule has 1 aliphatic carbocycles. The molecule has 2 aliphatic heterocycles. The molecule has 0 aromatic carbocycles. The van der Waals surface area contributed by atoms with E-state index in [2.05, 4.69) is 10.1 Å². The minimum absolute atomic E-state index is 0.0316. The third-order valence-electron chi connectivity index (χ3n) is 7.24. The zero-order valence-electron chi connectivity index (χ0n) is 18.6. The Hall–Kier alpha value is -2.68. The number of nitrogens with zero attached hydrogens (tertiary/aromatic N) is 4. The van der Waals surface area contributed by atoms with Gasteiger partial charge in [-0.25, -0.2) is 9.50 Å². The van der Waals surface area contributed by atoms with Gasteiger partial charge >= 0.3 is 0 Å². The van der Waals surface area contributed by atoms with E-state index in [0.29, 0.717) is 49.6 Å².